The monoisotopic (exact) mass is 636 g/mol. The molecule has 2 heterocycles. The fraction of sp³-hybridized carbons (Fsp3) is 0.731. The number of esters is 7. The van der Waals surface area contributed by atoms with Gasteiger partial charge < -0.3 is 52.5 Å². The zero-order valence-corrected chi connectivity index (χ0v) is 25.1. The lowest BCUT2D eigenvalue weighted by molar-refractivity contribution is -0.330. The van der Waals surface area contributed by atoms with Crippen molar-refractivity contribution < 1.29 is 86.0 Å². The smallest absolute Gasteiger partial charge is 0.303 e. The van der Waals surface area contributed by atoms with E-state index >= 15 is 0 Å². The Bertz CT molecular complexity index is 1090. The second kappa shape index (κ2) is 16.3. The molecule has 2 saturated heterocycles. The number of carbonyl (C=O) groups is 7. The van der Waals surface area contributed by atoms with Crippen LogP contribution < -0.4 is 0 Å². The highest BCUT2D eigenvalue weighted by Gasteiger charge is 2.55. The lowest BCUT2D eigenvalue weighted by Crippen LogP contribution is -2.64. The molecule has 18 heteroatoms. The quantitative estimate of drug-likeness (QED) is 0.203. The van der Waals surface area contributed by atoms with Gasteiger partial charge in [0, 0.05) is 48.5 Å². The Balaban J connectivity index is 2.48. The van der Waals surface area contributed by atoms with E-state index in [2.05, 4.69) is 0 Å². The topological polar surface area (TPSA) is 232 Å². The Morgan fingerprint density at radius 3 is 1.27 bits per heavy atom. The van der Waals surface area contributed by atoms with Gasteiger partial charge in [0.05, 0.1) is 6.61 Å². The minimum absolute atomic E-state index is 0.523. The predicted molar refractivity (Wildman–Crippen MR) is 135 cm³/mol. The summed E-state index contributed by atoms with van der Waals surface area (Å²) in [6.45, 7) is 6.15. The summed E-state index contributed by atoms with van der Waals surface area (Å²) in [5.74, 6) is -5.94. The second-order valence-electron chi connectivity index (χ2n) is 9.69. The minimum atomic E-state index is -1.90. The van der Waals surface area contributed by atoms with Gasteiger partial charge in [-0.15, -0.1) is 0 Å². The predicted octanol–water partition coefficient (Wildman–Crippen LogP) is -1.40. The lowest BCUT2D eigenvalue weighted by atomic mass is 9.97. The van der Waals surface area contributed by atoms with Gasteiger partial charge in [0.1, 0.15) is 18.8 Å². The molecule has 44 heavy (non-hydrogen) atoms. The Morgan fingerprint density at radius 1 is 0.477 bits per heavy atom. The Labute approximate surface area is 251 Å². The van der Waals surface area contributed by atoms with E-state index in [1.165, 1.54) is 0 Å². The largest absolute Gasteiger partial charge is 0.463 e. The molecule has 1 N–H and O–H groups in total. The third-order valence-electron chi connectivity index (χ3n) is 5.89. The number of aliphatic hydroxyl groups excluding tert-OH is 1. The van der Waals surface area contributed by atoms with Gasteiger partial charge in [-0.25, -0.2) is 0 Å². The Hall–Kier alpha value is -3.87. The summed E-state index contributed by atoms with van der Waals surface area (Å²) >= 11 is 0. The van der Waals surface area contributed by atoms with Crippen molar-refractivity contribution in [3.63, 3.8) is 0 Å². The highest BCUT2D eigenvalue weighted by Crippen LogP contribution is 2.32. The van der Waals surface area contributed by atoms with Crippen molar-refractivity contribution in [2.45, 2.75) is 110 Å². The van der Waals surface area contributed by atoms with Gasteiger partial charge in [-0.1, -0.05) is 0 Å². The van der Waals surface area contributed by atoms with E-state index in [0.29, 0.717) is 0 Å². The minimum Gasteiger partial charge on any atom is -0.463 e. The van der Waals surface area contributed by atoms with Crippen LogP contribution in [0.1, 0.15) is 48.5 Å². The molecule has 18 nitrogen and oxygen atoms in total. The van der Waals surface area contributed by atoms with Crippen LogP contribution in [0.4, 0.5) is 0 Å². The molecule has 2 aliphatic rings. The molecule has 0 bridgehead atoms. The van der Waals surface area contributed by atoms with Crippen molar-refractivity contribution in [2.75, 3.05) is 13.2 Å². The molecular weight excluding hydrogens is 600 g/mol. The van der Waals surface area contributed by atoms with Gasteiger partial charge in [0.2, 0.25) is 0 Å². The fourth-order valence-corrected chi connectivity index (χ4v) is 4.52. The van der Waals surface area contributed by atoms with Crippen molar-refractivity contribution >= 4 is 41.8 Å². The SMILES string of the molecule is CC(=O)OC[C@H]1O[C@H](OC[C@H]2O[C@H](O)[C@@H](OC(C)=O)[C@@H](OC(C)=O)[C@@H]2OC(C)=O)[C@@H](OC(C)=O)[C@@H](OC(C)=O)[C@@H]1OC(C)=O. The lowest BCUT2D eigenvalue weighted by Gasteiger charge is -2.45. The maximum absolute atomic E-state index is 12.1. The first kappa shape index (κ1) is 36.3. The van der Waals surface area contributed by atoms with E-state index < -0.39 is 116 Å². The molecule has 248 valence electrons. The van der Waals surface area contributed by atoms with Crippen LogP contribution in [0.5, 0.6) is 0 Å². The van der Waals surface area contributed by atoms with Crippen LogP contribution in [0.3, 0.4) is 0 Å². The van der Waals surface area contributed by atoms with Crippen LogP contribution in [-0.4, -0.2) is 122 Å². The summed E-state index contributed by atoms with van der Waals surface area (Å²) in [6.07, 6.45) is -15.6. The standard InChI is InChI=1S/C26H36O18/c1-10(27)35-8-18-20(38-12(3)29)22(40-14(5)31)24(42-16(7)33)26(44-18)36-9-17-19(37-11(2)28)21(39-13(4)30)23(25(34)43-17)41-15(6)32/h17-26,34H,8-9H2,1-7H3/t17-,18-,19-,20-,21+,22+,23+,24+,25+,26+/m1/s1. The van der Waals surface area contributed by atoms with Crippen LogP contribution in [0.15, 0.2) is 0 Å². The fourth-order valence-electron chi connectivity index (χ4n) is 4.52. The first-order valence-corrected chi connectivity index (χ1v) is 13.3. The molecule has 0 aromatic rings. The van der Waals surface area contributed by atoms with Crippen molar-refractivity contribution in [1.29, 1.82) is 0 Å². The van der Waals surface area contributed by atoms with E-state index in [-0.39, 0.29) is 0 Å². The highest BCUT2D eigenvalue weighted by atomic mass is 16.7. The van der Waals surface area contributed by atoms with E-state index in [0.717, 1.165) is 48.5 Å². The van der Waals surface area contributed by atoms with Gasteiger partial charge in [0.25, 0.3) is 0 Å². The van der Waals surface area contributed by atoms with E-state index in [9.17, 15) is 38.7 Å². The van der Waals surface area contributed by atoms with Crippen molar-refractivity contribution in [2.24, 2.45) is 0 Å². The molecule has 0 radical (unpaired) electrons. The molecule has 2 rings (SSSR count). The molecule has 0 spiro atoms. The third kappa shape index (κ3) is 10.7. The van der Waals surface area contributed by atoms with Gasteiger partial charge in [-0.3, -0.25) is 33.6 Å². The zero-order valence-electron chi connectivity index (χ0n) is 25.1. The average molecular weight is 637 g/mol. The molecule has 0 aliphatic carbocycles. The Morgan fingerprint density at radius 2 is 0.841 bits per heavy atom. The van der Waals surface area contributed by atoms with Crippen LogP contribution >= 0.6 is 0 Å². The molecule has 2 fully saturated rings. The maximum Gasteiger partial charge on any atom is 0.303 e. The molecule has 0 amide bonds. The normalized spacial score (nSPS) is 31.5. The molecule has 0 aromatic heterocycles. The van der Waals surface area contributed by atoms with Crippen LogP contribution in [0.25, 0.3) is 0 Å². The van der Waals surface area contributed by atoms with Crippen molar-refractivity contribution in [3.8, 4) is 0 Å². The summed E-state index contributed by atoms with van der Waals surface area (Å²) in [6, 6.07) is 0. The van der Waals surface area contributed by atoms with Gasteiger partial charge in [-0.05, 0) is 0 Å². The van der Waals surface area contributed by atoms with Gasteiger partial charge >= 0.3 is 41.8 Å². The van der Waals surface area contributed by atoms with Crippen LogP contribution in [0, 0.1) is 0 Å². The number of ether oxygens (including phenoxy) is 10. The third-order valence-corrected chi connectivity index (χ3v) is 5.89. The summed E-state index contributed by atoms with van der Waals surface area (Å²) in [5.41, 5.74) is 0. The van der Waals surface area contributed by atoms with Crippen LogP contribution in [0.2, 0.25) is 0 Å². The highest BCUT2D eigenvalue weighted by molar-refractivity contribution is 5.69. The summed E-state index contributed by atoms with van der Waals surface area (Å²) < 4.78 is 53.7. The summed E-state index contributed by atoms with van der Waals surface area (Å²) in [5, 5.41) is 10.6. The number of rotatable bonds is 11. The Kier molecular flexibility index (Phi) is 13.4. The molecule has 0 saturated carbocycles. The number of hydrogen-bond acceptors (Lipinski definition) is 18. The van der Waals surface area contributed by atoms with Gasteiger partial charge in [-0.2, -0.15) is 0 Å². The molecular formula is C26H36O18. The van der Waals surface area contributed by atoms with Crippen LogP contribution in [-0.2, 0) is 80.9 Å². The second-order valence-corrected chi connectivity index (χ2v) is 9.69. The average Bonchev–Trinajstić information content (AvgIpc) is 2.87. The zero-order chi connectivity index (χ0) is 33.3. The summed E-state index contributed by atoms with van der Waals surface area (Å²) in [4.78, 5) is 83.0. The maximum atomic E-state index is 12.1. The number of aliphatic hydroxyl groups is 1. The molecule has 0 aromatic carbocycles. The summed E-state index contributed by atoms with van der Waals surface area (Å²) in [7, 11) is 0. The first-order valence-electron chi connectivity index (χ1n) is 13.3. The van der Waals surface area contributed by atoms with Crippen molar-refractivity contribution in [1.82, 2.24) is 0 Å². The van der Waals surface area contributed by atoms with Crippen molar-refractivity contribution in [3.05, 3.63) is 0 Å². The molecule has 10 atom stereocenters. The van der Waals surface area contributed by atoms with E-state index in [1.807, 2.05) is 0 Å². The van der Waals surface area contributed by atoms with E-state index in [4.69, 9.17) is 47.4 Å². The number of hydrogen-bond donors (Lipinski definition) is 1. The van der Waals surface area contributed by atoms with Gasteiger partial charge in [0.15, 0.2) is 49.2 Å². The molecule has 0 unspecified atom stereocenters. The first-order chi connectivity index (χ1) is 20.5. The van der Waals surface area contributed by atoms with E-state index in [1.54, 1.807) is 0 Å². The number of carbonyl (C=O) groups excluding carboxylic acids is 7. The molecule has 2 aliphatic heterocycles.